The molecule has 7 heteroatoms. The minimum Gasteiger partial charge on any atom is -0.338 e. The van der Waals surface area contributed by atoms with Crippen LogP contribution in [-0.4, -0.2) is 32.3 Å². The van der Waals surface area contributed by atoms with Gasteiger partial charge in [0.2, 0.25) is 15.9 Å². The molecule has 2 aromatic rings. The quantitative estimate of drug-likeness (QED) is 0.843. The van der Waals surface area contributed by atoms with Gasteiger partial charge in [-0.3, -0.25) is 4.79 Å². The van der Waals surface area contributed by atoms with Crippen molar-refractivity contribution in [2.24, 2.45) is 0 Å². The number of sulfonamides is 1. The Bertz CT molecular complexity index is 857. The molecule has 3 rings (SSSR count). The van der Waals surface area contributed by atoms with Crippen LogP contribution in [0.4, 0.5) is 0 Å². The minimum atomic E-state index is -3.55. The zero-order chi connectivity index (χ0) is 17.7. The van der Waals surface area contributed by atoms with E-state index in [4.69, 9.17) is 0 Å². The summed E-state index contributed by atoms with van der Waals surface area (Å²) in [5.74, 6) is -0.0217. The largest absolute Gasteiger partial charge is 0.338 e. The molecule has 0 radical (unpaired) electrons. The lowest BCUT2D eigenvalue weighted by Crippen LogP contribution is -2.37. The highest BCUT2D eigenvalue weighted by atomic mass is 32.2. The van der Waals surface area contributed by atoms with Gasteiger partial charge in [-0.1, -0.05) is 30.3 Å². The van der Waals surface area contributed by atoms with Gasteiger partial charge in [0.15, 0.2) is 0 Å². The van der Waals surface area contributed by atoms with Gasteiger partial charge in [0.1, 0.15) is 0 Å². The number of carbonyl (C=O) groups excluding carboxylic acids is 1. The number of nitrogens with zero attached hydrogens (tertiary/aromatic N) is 1. The van der Waals surface area contributed by atoms with Crippen LogP contribution in [0, 0.1) is 0 Å². The molecule has 5 nitrogen and oxygen atoms in total. The summed E-state index contributed by atoms with van der Waals surface area (Å²) in [6.07, 6.45) is 2.58. The van der Waals surface area contributed by atoms with Crippen molar-refractivity contribution in [3.05, 3.63) is 63.2 Å². The van der Waals surface area contributed by atoms with Gasteiger partial charge >= 0.3 is 0 Å². The molecular formula is C18H20N2O3S2. The van der Waals surface area contributed by atoms with Crippen LogP contribution in [0.25, 0.3) is 6.08 Å². The summed E-state index contributed by atoms with van der Waals surface area (Å²) in [6.45, 7) is 1.43. The van der Waals surface area contributed by atoms with Crippen LogP contribution in [0.5, 0.6) is 0 Å². The molecule has 0 atom stereocenters. The maximum atomic E-state index is 12.3. The highest BCUT2D eigenvalue weighted by molar-refractivity contribution is 7.92. The lowest BCUT2D eigenvalue weighted by atomic mass is 10.1. The zero-order valence-corrected chi connectivity index (χ0v) is 15.4. The number of nitrogens with one attached hydrogen (secondary N) is 1. The Morgan fingerprint density at radius 1 is 1.24 bits per heavy atom. The second-order valence-corrected chi connectivity index (χ2v) is 8.49. The number of thiophene rings is 1. The number of carbonyl (C=O) groups is 1. The Balaban J connectivity index is 1.47. The molecule has 1 aliphatic heterocycles. The molecule has 0 spiro atoms. The van der Waals surface area contributed by atoms with Crippen LogP contribution in [0.2, 0.25) is 0 Å². The van der Waals surface area contributed by atoms with Crippen molar-refractivity contribution in [2.45, 2.75) is 19.4 Å². The summed E-state index contributed by atoms with van der Waals surface area (Å²) in [5, 5.41) is 3.18. The van der Waals surface area contributed by atoms with Crippen LogP contribution in [-0.2, 0) is 27.8 Å². The number of hydrogen-bond donors (Lipinski definition) is 1. The van der Waals surface area contributed by atoms with E-state index in [-0.39, 0.29) is 18.9 Å². The number of fused-ring (bicyclic) bond motifs is 1. The molecule has 1 N–H and O–H groups in total. The fourth-order valence-electron chi connectivity index (χ4n) is 2.70. The molecule has 0 unspecified atom stereocenters. The second-order valence-electron chi connectivity index (χ2n) is 5.84. The van der Waals surface area contributed by atoms with Crippen molar-refractivity contribution in [1.29, 1.82) is 0 Å². The van der Waals surface area contributed by atoms with Crippen molar-refractivity contribution in [3.8, 4) is 0 Å². The van der Waals surface area contributed by atoms with E-state index < -0.39 is 10.0 Å². The molecular weight excluding hydrogens is 356 g/mol. The van der Waals surface area contributed by atoms with Crippen molar-refractivity contribution in [1.82, 2.24) is 9.62 Å². The Hall–Kier alpha value is -1.96. The number of rotatable bonds is 6. The summed E-state index contributed by atoms with van der Waals surface area (Å²) < 4.78 is 26.4. The Labute approximate surface area is 152 Å². The van der Waals surface area contributed by atoms with Crippen molar-refractivity contribution >= 4 is 33.3 Å². The topological polar surface area (TPSA) is 66.5 Å². The van der Waals surface area contributed by atoms with Gasteiger partial charge in [-0.15, -0.1) is 11.3 Å². The maximum absolute atomic E-state index is 12.3. The van der Waals surface area contributed by atoms with E-state index in [1.165, 1.54) is 16.5 Å². The average molecular weight is 377 g/mol. The first kappa shape index (κ1) is 17.8. The van der Waals surface area contributed by atoms with Gasteiger partial charge < -0.3 is 4.90 Å². The summed E-state index contributed by atoms with van der Waals surface area (Å²) >= 11 is 1.73. The fourth-order valence-corrected chi connectivity index (χ4v) is 4.41. The lowest BCUT2D eigenvalue weighted by Gasteiger charge is -2.27. The SMILES string of the molecule is O=C(CCNS(=O)(=O)/C=C/c1ccccc1)N1CCc2sccc2C1. The van der Waals surface area contributed by atoms with Gasteiger partial charge in [0.25, 0.3) is 0 Å². The zero-order valence-electron chi connectivity index (χ0n) is 13.7. The first-order chi connectivity index (χ1) is 12.0. The van der Waals surface area contributed by atoms with E-state index in [1.54, 1.807) is 16.2 Å². The van der Waals surface area contributed by atoms with Gasteiger partial charge in [0, 0.05) is 36.3 Å². The van der Waals surface area contributed by atoms with Crippen LogP contribution in [0.15, 0.2) is 47.2 Å². The molecule has 0 saturated heterocycles. The predicted octanol–water partition coefficient (Wildman–Crippen LogP) is 2.61. The molecule has 0 bridgehead atoms. The summed E-state index contributed by atoms with van der Waals surface area (Å²) in [7, 11) is -3.55. The molecule has 0 fully saturated rings. The van der Waals surface area contributed by atoms with E-state index >= 15 is 0 Å². The molecule has 1 aromatic carbocycles. The Morgan fingerprint density at radius 2 is 2.04 bits per heavy atom. The summed E-state index contributed by atoms with van der Waals surface area (Å²) in [4.78, 5) is 15.4. The molecule has 1 aliphatic rings. The molecule has 0 aliphatic carbocycles. The standard InChI is InChI=1S/C18H20N2O3S2/c21-18(20-11-7-17-16(14-20)8-12-24-17)6-10-19-25(22,23)13-9-15-4-2-1-3-5-15/h1-5,8-9,12-13,19H,6-7,10-11,14H2/b13-9+. The van der Waals surface area contributed by atoms with Crippen molar-refractivity contribution < 1.29 is 13.2 Å². The molecule has 0 saturated carbocycles. The lowest BCUT2D eigenvalue weighted by molar-refractivity contribution is -0.131. The van der Waals surface area contributed by atoms with Crippen LogP contribution in [0.1, 0.15) is 22.4 Å². The third kappa shape index (κ3) is 5.01. The van der Waals surface area contributed by atoms with Gasteiger partial charge in [0.05, 0.1) is 0 Å². The van der Waals surface area contributed by atoms with Crippen LogP contribution in [0.3, 0.4) is 0 Å². The predicted molar refractivity (Wildman–Crippen MR) is 100 cm³/mol. The molecule has 25 heavy (non-hydrogen) atoms. The molecule has 132 valence electrons. The first-order valence-electron chi connectivity index (χ1n) is 8.09. The molecule has 2 heterocycles. The smallest absolute Gasteiger partial charge is 0.233 e. The monoisotopic (exact) mass is 376 g/mol. The number of benzene rings is 1. The highest BCUT2D eigenvalue weighted by Gasteiger charge is 2.21. The second kappa shape index (κ2) is 7.95. The third-order valence-electron chi connectivity index (χ3n) is 4.04. The third-order valence-corrected chi connectivity index (χ3v) is 6.17. The van der Waals surface area contributed by atoms with Gasteiger partial charge in [-0.05, 0) is 35.1 Å². The van der Waals surface area contributed by atoms with E-state index in [0.29, 0.717) is 13.1 Å². The Kier molecular flexibility index (Phi) is 5.67. The molecule has 1 aromatic heterocycles. The van der Waals surface area contributed by atoms with Crippen LogP contribution >= 0.6 is 11.3 Å². The number of amides is 1. The normalized spacial score (nSPS) is 14.6. The Morgan fingerprint density at radius 3 is 2.84 bits per heavy atom. The molecule has 1 amide bonds. The average Bonchev–Trinajstić information content (AvgIpc) is 3.08. The van der Waals surface area contributed by atoms with Gasteiger partial charge in [-0.25, -0.2) is 13.1 Å². The van der Waals surface area contributed by atoms with E-state index in [1.807, 2.05) is 35.7 Å². The number of hydrogen-bond acceptors (Lipinski definition) is 4. The maximum Gasteiger partial charge on any atom is 0.233 e. The van der Waals surface area contributed by atoms with Gasteiger partial charge in [-0.2, -0.15) is 0 Å². The summed E-state index contributed by atoms with van der Waals surface area (Å²) in [6, 6.07) is 11.3. The highest BCUT2D eigenvalue weighted by Crippen LogP contribution is 2.24. The minimum absolute atomic E-state index is 0.0217. The van der Waals surface area contributed by atoms with Crippen molar-refractivity contribution in [3.63, 3.8) is 0 Å². The van der Waals surface area contributed by atoms with Crippen molar-refractivity contribution in [2.75, 3.05) is 13.1 Å². The van der Waals surface area contributed by atoms with Crippen LogP contribution < -0.4 is 4.72 Å². The van der Waals surface area contributed by atoms with E-state index in [0.717, 1.165) is 17.4 Å². The fraction of sp³-hybridized carbons (Fsp3) is 0.278. The van der Waals surface area contributed by atoms with E-state index in [2.05, 4.69) is 10.8 Å². The summed E-state index contributed by atoms with van der Waals surface area (Å²) in [5.41, 5.74) is 2.01. The van der Waals surface area contributed by atoms with E-state index in [9.17, 15) is 13.2 Å². The first-order valence-corrected chi connectivity index (χ1v) is 10.5.